The summed E-state index contributed by atoms with van der Waals surface area (Å²) in [5.74, 6) is 0.284. The second kappa shape index (κ2) is 5.93. The summed E-state index contributed by atoms with van der Waals surface area (Å²) in [5.41, 5.74) is 3.45. The number of aromatic nitrogens is 2. The van der Waals surface area contributed by atoms with Gasteiger partial charge in [0.15, 0.2) is 0 Å². The number of pyridine rings is 1. The van der Waals surface area contributed by atoms with Crippen LogP contribution in [0.2, 0.25) is 5.02 Å². The maximum atomic E-state index is 12.7. The fourth-order valence-electron chi connectivity index (χ4n) is 2.50. The molecule has 0 aliphatic carbocycles. The number of ether oxygens (including phenoxy) is 1. The van der Waals surface area contributed by atoms with Crippen LogP contribution in [0.4, 0.5) is 5.69 Å². The Morgan fingerprint density at radius 3 is 2.78 bits per heavy atom. The van der Waals surface area contributed by atoms with Crippen LogP contribution in [0, 0.1) is 13.8 Å². The number of hydrogen-bond donors (Lipinski definition) is 1. The zero-order valence-electron chi connectivity index (χ0n) is 13.1. The third-order valence-corrected chi connectivity index (χ3v) is 3.80. The highest BCUT2D eigenvalue weighted by molar-refractivity contribution is 6.31. The van der Waals surface area contributed by atoms with Gasteiger partial charge in [-0.1, -0.05) is 17.7 Å². The lowest BCUT2D eigenvalue weighted by Gasteiger charge is -2.11. The van der Waals surface area contributed by atoms with E-state index in [1.54, 1.807) is 29.7 Å². The first kappa shape index (κ1) is 15.4. The Balaban J connectivity index is 2.03. The van der Waals surface area contributed by atoms with Crippen molar-refractivity contribution in [3.05, 3.63) is 58.5 Å². The molecule has 2 heterocycles. The van der Waals surface area contributed by atoms with Gasteiger partial charge in [-0.05, 0) is 43.7 Å². The van der Waals surface area contributed by atoms with Crippen LogP contribution >= 0.6 is 11.6 Å². The SMILES string of the molecule is COc1ccc(Cl)cc1NC(=O)c1c(C)nc2ccc(C)cn12. The average Bonchev–Trinajstić information content (AvgIpc) is 2.82. The zero-order chi connectivity index (χ0) is 16.6. The average molecular weight is 330 g/mol. The number of anilines is 1. The van der Waals surface area contributed by atoms with Gasteiger partial charge >= 0.3 is 0 Å². The van der Waals surface area contributed by atoms with E-state index in [-0.39, 0.29) is 5.91 Å². The minimum atomic E-state index is -0.263. The molecule has 3 aromatic rings. The molecule has 23 heavy (non-hydrogen) atoms. The number of aryl methyl sites for hydroxylation is 2. The van der Waals surface area contributed by atoms with E-state index in [2.05, 4.69) is 10.3 Å². The third-order valence-electron chi connectivity index (χ3n) is 3.57. The first-order valence-corrected chi connectivity index (χ1v) is 7.47. The van der Waals surface area contributed by atoms with Crippen molar-refractivity contribution in [1.82, 2.24) is 9.38 Å². The van der Waals surface area contributed by atoms with Crippen LogP contribution in [-0.4, -0.2) is 22.4 Å². The third kappa shape index (κ3) is 2.87. The molecular formula is C17H16ClN3O2. The van der Waals surface area contributed by atoms with E-state index >= 15 is 0 Å². The van der Waals surface area contributed by atoms with Crippen molar-refractivity contribution < 1.29 is 9.53 Å². The lowest BCUT2D eigenvalue weighted by molar-refractivity contribution is 0.102. The highest BCUT2D eigenvalue weighted by Gasteiger charge is 2.18. The van der Waals surface area contributed by atoms with Crippen molar-refractivity contribution >= 4 is 28.8 Å². The molecule has 0 atom stereocenters. The standard InChI is InChI=1S/C17H16ClN3O2/c1-10-4-7-15-19-11(2)16(21(15)9-10)17(22)20-13-8-12(18)5-6-14(13)23-3/h4-9H,1-3H3,(H,20,22). The van der Waals surface area contributed by atoms with Crippen molar-refractivity contribution in [2.75, 3.05) is 12.4 Å². The Morgan fingerprint density at radius 2 is 2.04 bits per heavy atom. The van der Waals surface area contributed by atoms with Crippen molar-refractivity contribution in [2.45, 2.75) is 13.8 Å². The highest BCUT2D eigenvalue weighted by atomic mass is 35.5. The number of carbonyl (C=O) groups is 1. The Labute approximate surface area is 138 Å². The van der Waals surface area contributed by atoms with Crippen LogP contribution in [0.3, 0.4) is 0 Å². The number of carbonyl (C=O) groups excluding carboxylic acids is 1. The van der Waals surface area contributed by atoms with Gasteiger partial charge in [0.2, 0.25) is 0 Å². The van der Waals surface area contributed by atoms with Crippen LogP contribution in [0.1, 0.15) is 21.7 Å². The molecule has 0 fully saturated rings. The number of imidazole rings is 1. The summed E-state index contributed by atoms with van der Waals surface area (Å²) in [6.07, 6.45) is 1.89. The predicted molar refractivity (Wildman–Crippen MR) is 90.6 cm³/mol. The number of nitrogens with zero attached hydrogens (tertiary/aromatic N) is 2. The molecule has 0 saturated heterocycles. The van der Waals surface area contributed by atoms with Crippen LogP contribution in [0.25, 0.3) is 5.65 Å². The zero-order valence-corrected chi connectivity index (χ0v) is 13.8. The fraction of sp³-hybridized carbons (Fsp3) is 0.176. The summed E-state index contributed by atoms with van der Waals surface area (Å²) in [7, 11) is 1.54. The predicted octanol–water partition coefficient (Wildman–Crippen LogP) is 3.87. The topological polar surface area (TPSA) is 55.6 Å². The molecule has 1 amide bonds. The van der Waals surface area contributed by atoms with Crippen LogP contribution in [-0.2, 0) is 0 Å². The van der Waals surface area contributed by atoms with E-state index < -0.39 is 0 Å². The monoisotopic (exact) mass is 329 g/mol. The largest absolute Gasteiger partial charge is 0.495 e. The maximum absolute atomic E-state index is 12.7. The van der Waals surface area contributed by atoms with Crippen molar-refractivity contribution in [1.29, 1.82) is 0 Å². The van der Waals surface area contributed by atoms with E-state index in [0.29, 0.717) is 27.8 Å². The summed E-state index contributed by atoms with van der Waals surface area (Å²) in [5, 5.41) is 3.37. The summed E-state index contributed by atoms with van der Waals surface area (Å²) >= 11 is 6.00. The normalized spacial score (nSPS) is 10.8. The maximum Gasteiger partial charge on any atom is 0.274 e. The highest BCUT2D eigenvalue weighted by Crippen LogP contribution is 2.28. The molecule has 0 saturated carbocycles. The summed E-state index contributed by atoms with van der Waals surface area (Å²) in [4.78, 5) is 17.2. The molecule has 0 unspecified atom stereocenters. The van der Waals surface area contributed by atoms with Gasteiger partial charge in [0.25, 0.3) is 5.91 Å². The van der Waals surface area contributed by atoms with Gasteiger partial charge in [0, 0.05) is 11.2 Å². The van der Waals surface area contributed by atoms with Gasteiger partial charge in [0.05, 0.1) is 18.5 Å². The minimum Gasteiger partial charge on any atom is -0.495 e. The Morgan fingerprint density at radius 1 is 1.26 bits per heavy atom. The Hall–Kier alpha value is -2.53. The van der Waals surface area contributed by atoms with E-state index in [1.807, 2.05) is 32.2 Å². The minimum absolute atomic E-state index is 0.263. The quantitative estimate of drug-likeness (QED) is 0.793. The molecule has 0 radical (unpaired) electrons. The van der Waals surface area contributed by atoms with Crippen LogP contribution < -0.4 is 10.1 Å². The number of hydrogen-bond acceptors (Lipinski definition) is 3. The number of nitrogens with one attached hydrogen (secondary N) is 1. The van der Waals surface area contributed by atoms with Gasteiger partial charge in [0.1, 0.15) is 17.1 Å². The molecule has 1 aromatic carbocycles. The van der Waals surface area contributed by atoms with E-state index in [9.17, 15) is 4.79 Å². The van der Waals surface area contributed by atoms with Gasteiger partial charge < -0.3 is 10.1 Å². The Bertz CT molecular complexity index is 902. The smallest absolute Gasteiger partial charge is 0.274 e. The van der Waals surface area contributed by atoms with E-state index in [4.69, 9.17) is 16.3 Å². The number of amides is 1. The summed E-state index contributed by atoms with van der Waals surface area (Å²) in [6, 6.07) is 8.92. The van der Waals surface area contributed by atoms with Crippen LogP contribution in [0.5, 0.6) is 5.75 Å². The molecule has 0 bridgehead atoms. The van der Waals surface area contributed by atoms with Gasteiger partial charge in [-0.2, -0.15) is 0 Å². The molecule has 3 rings (SSSR count). The molecule has 0 spiro atoms. The Kier molecular flexibility index (Phi) is 3.96. The number of halogens is 1. The van der Waals surface area contributed by atoms with Gasteiger partial charge in [-0.25, -0.2) is 4.98 Å². The lowest BCUT2D eigenvalue weighted by atomic mass is 10.2. The summed E-state index contributed by atoms with van der Waals surface area (Å²) < 4.78 is 7.05. The number of rotatable bonds is 3. The first-order valence-electron chi connectivity index (χ1n) is 7.10. The first-order chi connectivity index (χ1) is 11.0. The fourth-order valence-corrected chi connectivity index (χ4v) is 2.67. The lowest BCUT2D eigenvalue weighted by Crippen LogP contribution is -2.16. The molecule has 0 aliphatic heterocycles. The molecular weight excluding hydrogens is 314 g/mol. The van der Waals surface area contributed by atoms with Crippen LogP contribution in [0.15, 0.2) is 36.5 Å². The number of benzene rings is 1. The number of methoxy groups -OCH3 is 1. The molecule has 0 aliphatic rings. The van der Waals surface area contributed by atoms with Crippen molar-refractivity contribution in [2.24, 2.45) is 0 Å². The van der Waals surface area contributed by atoms with Gasteiger partial charge in [-0.15, -0.1) is 0 Å². The molecule has 118 valence electrons. The second-order valence-electron chi connectivity index (χ2n) is 5.28. The number of fused-ring (bicyclic) bond motifs is 1. The molecule has 5 nitrogen and oxygen atoms in total. The van der Waals surface area contributed by atoms with Crippen molar-refractivity contribution in [3.8, 4) is 5.75 Å². The van der Waals surface area contributed by atoms with Crippen molar-refractivity contribution in [3.63, 3.8) is 0 Å². The molecule has 1 N–H and O–H groups in total. The van der Waals surface area contributed by atoms with E-state index in [0.717, 1.165) is 11.2 Å². The molecule has 6 heteroatoms. The molecule has 2 aromatic heterocycles. The second-order valence-corrected chi connectivity index (χ2v) is 5.72. The van der Waals surface area contributed by atoms with Gasteiger partial charge in [-0.3, -0.25) is 9.20 Å². The van der Waals surface area contributed by atoms with E-state index in [1.165, 1.54) is 0 Å². The summed E-state index contributed by atoms with van der Waals surface area (Å²) in [6.45, 7) is 3.78.